The molecule has 1 unspecified atom stereocenters. The highest BCUT2D eigenvalue weighted by atomic mass is 79.9. The molecule has 7 heteroatoms. The Balaban J connectivity index is 2.73. The molecule has 0 radical (unpaired) electrons. The van der Waals surface area contributed by atoms with Gasteiger partial charge in [-0.1, -0.05) is 6.07 Å². The van der Waals surface area contributed by atoms with Gasteiger partial charge in [0.15, 0.2) is 0 Å². The summed E-state index contributed by atoms with van der Waals surface area (Å²) >= 11 is 3.12. The molecule has 18 heavy (non-hydrogen) atoms. The summed E-state index contributed by atoms with van der Waals surface area (Å²) in [6.45, 7) is 1.80. The number of benzene rings is 1. The monoisotopic (exact) mass is 313 g/mol. The predicted molar refractivity (Wildman–Crippen MR) is 69.1 cm³/mol. The summed E-state index contributed by atoms with van der Waals surface area (Å²) < 4.78 is 5.67. The SMILES string of the molecule is CC(N)(C#N)CCOc1cccc([N+](=O)[O-])c1Br. The van der Waals surface area contributed by atoms with Gasteiger partial charge in [-0.2, -0.15) is 5.26 Å². The minimum atomic E-state index is -0.965. The number of nitro groups is 1. The number of ether oxygens (including phenoxy) is 1. The van der Waals surface area contributed by atoms with E-state index in [1.54, 1.807) is 13.0 Å². The number of nitro benzene ring substituents is 1. The first-order valence-corrected chi connectivity index (χ1v) is 5.92. The number of nitrogens with zero attached hydrogens (tertiary/aromatic N) is 2. The van der Waals surface area contributed by atoms with Crippen LogP contribution in [0, 0.1) is 21.4 Å². The standard InChI is InChI=1S/C11H12BrN3O3/c1-11(14,7-13)5-6-18-9-4-2-3-8(10(9)12)15(16)17/h2-4H,5-6,14H2,1H3. The molecular formula is C11H12BrN3O3. The molecule has 0 saturated heterocycles. The normalized spacial score (nSPS) is 13.4. The van der Waals surface area contributed by atoms with Crippen molar-refractivity contribution in [3.05, 3.63) is 32.8 Å². The molecule has 1 aromatic rings. The van der Waals surface area contributed by atoms with Crippen molar-refractivity contribution in [2.24, 2.45) is 5.73 Å². The first-order valence-electron chi connectivity index (χ1n) is 5.13. The molecule has 96 valence electrons. The Kier molecular flexibility index (Phi) is 4.64. The molecule has 0 aliphatic heterocycles. The fourth-order valence-corrected chi connectivity index (χ4v) is 1.70. The van der Waals surface area contributed by atoms with Gasteiger partial charge in [-0.15, -0.1) is 0 Å². The van der Waals surface area contributed by atoms with Crippen LogP contribution in [-0.2, 0) is 0 Å². The van der Waals surface area contributed by atoms with Crippen LogP contribution in [0.4, 0.5) is 5.69 Å². The lowest BCUT2D eigenvalue weighted by Crippen LogP contribution is -2.35. The Morgan fingerprint density at radius 1 is 1.67 bits per heavy atom. The van der Waals surface area contributed by atoms with Crippen molar-refractivity contribution in [1.29, 1.82) is 5.26 Å². The van der Waals surface area contributed by atoms with Crippen LogP contribution in [0.2, 0.25) is 0 Å². The van der Waals surface area contributed by atoms with Crippen LogP contribution >= 0.6 is 15.9 Å². The summed E-state index contributed by atoms with van der Waals surface area (Å²) in [6, 6.07) is 6.46. The van der Waals surface area contributed by atoms with Crippen LogP contribution in [0.5, 0.6) is 5.75 Å². The van der Waals surface area contributed by atoms with E-state index in [9.17, 15) is 10.1 Å². The van der Waals surface area contributed by atoms with E-state index in [1.807, 2.05) is 6.07 Å². The Hall–Kier alpha value is -1.65. The van der Waals surface area contributed by atoms with Crippen LogP contribution in [0.3, 0.4) is 0 Å². The van der Waals surface area contributed by atoms with Crippen LogP contribution < -0.4 is 10.5 Å². The van der Waals surface area contributed by atoms with Gasteiger partial charge in [-0.3, -0.25) is 10.1 Å². The molecule has 0 aliphatic rings. The molecule has 0 heterocycles. The first kappa shape index (κ1) is 14.4. The summed E-state index contributed by atoms with van der Waals surface area (Å²) in [4.78, 5) is 10.2. The molecule has 0 aliphatic carbocycles. The van der Waals surface area contributed by atoms with E-state index in [4.69, 9.17) is 15.7 Å². The molecule has 0 fully saturated rings. The van der Waals surface area contributed by atoms with Gasteiger partial charge in [0.05, 0.1) is 17.6 Å². The van der Waals surface area contributed by atoms with Crippen molar-refractivity contribution in [2.75, 3.05) is 6.61 Å². The quantitative estimate of drug-likeness (QED) is 0.664. The largest absolute Gasteiger partial charge is 0.492 e. The highest BCUT2D eigenvalue weighted by Gasteiger charge is 2.19. The average Bonchev–Trinajstić information content (AvgIpc) is 2.31. The predicted octanol–water partition coefficient (Wildman–Crippen LogP) is 2.37. The van der Waals surface area contributed by atoms with Gasteiger partial charge in [0.1, 0.15) is 15.8 Å². The Bertz CT molecular complexity index is 497. The Labute approximate surface area is 113 Å². The molecule has 0 amide bonds. The Morgan fingerprint density at radius 2 is 2.33 bits per heavy atom. The highest BCUT2D eigenvalue weighted by molar-refractivity contribution is 9.10. The van der Waals surface area contributed by atoms with E-state index < -0.39 is 10.5 Å². The van der Waals surface area contributed by atoms with Gasteiger partial charge >= 0.3 is 0 Å². The van der Waals surface area contributed by atoms with E-state index in [2.05, 4.69) is 15.9 Å². The number of hydrogen-bond donors (Lipinski definition) is 1. The number of nitrogens with two attached hydrogens (primary N) is 1. The fourth-order valence-electron chi connectivity index (χ4n) is 1.18. The summed E-state index contributed by atoms with van der Waals surface area (Å²) in [5, 5.41) is 19.4. The molecule has 1 rings (SSSR count). The average molecular weight is 314 g/mol. The maximum Gasteiger partial charge on any atom is 0.287 e. The molecule has 0 bridgehead atoms. The second kappa shape index (κ2) is 5.80. The highest BCUT2D eigenvalue weighted by Crippen LogP contribution is 2.33. The van der Waals surface area contributed by atoms with E-state index in [1.165, 1.54) is 12.1 Å². The number of halogens is 1. The third-order valence-electron chi connectivity index (χ3n) is 2.27. The molecule has 0 saturated carbocycles. The number of nitriles is 1. The topological polar surface area (TPSA) is 102 Å². The molecule has 6 nitrogen and oxygen atoms in total. The summed E-state index contributed by atoms with van der Waals surface area (Å²) in [5.74, 6) is 0.359. The number of hydrogen-bond acceptors (Lipinski definition) is 5. The second-order valence-corrected chi connectivity index (χ2v) is 4.77. The molecule has 1 aromatic carbocycles. The van der Waals surface area contributed by atoms with Gasteiger partial charge in [-0.05, 0) is 28.9 Å². The van der Waals surface area contributed by atoms with E-state index in [0.717, 1.165) is 0 Å². The van der Waals surface area contributed by atoms with Crippen LogP contribution in [0.1, 0.15) is 13.3 Å². The summed E-state index contributed by atoms with van der Waals surface area (Å²) in [6.07, 6.45) is 0.332. The van der Waals surface area contributed by atoms with E-state index in [-0.39, 0.29) is 16.8 Å². The maximum atomic E-state index is 10.7. The van der Waals surface area contributed by atoms with Crippen molar-refractivity contribution in [1.82, 2.24) is 0 Å². The van der Waals surface area contributed by atoms with Crippen molar-refractivity contribution in [3.63, 3.8) is 0 Å². The fraction of sp³-hybridized carbons (Fsp3) is 0.364. The zero-order chi connectivity index (χ0) is 13.8. The lowest BCUT2D eigenvalue weighted by molar-refractivity contribution is -0.385. The third kappa shape index (κ3) is 3.68. The number of rotatable bonds is 5. The summed E-state index contributed by atoms with van der Waals surface area (Å²) in [7, 11) is 0. The molecular weight excluding hydrogens is 302 g/mol. The second-order valence-electron chi connectivity index (χ2n) is 3.97. The molecule has 2 N–H and O–H groups in total. The van der Waals surface area contributed by atoms with Gasteiger partial charge in [0, 0.05) is 12.5 Å². The zero-order valence-corrected chi connectivity index (χ0v) is 11.3. The molecule has 0 aromatic heterocycles. The van der Waals surface area contributed by atoms with Crippen LogP contribution in [-0.4, -0.2) is 17.1 Å². The van der Waals surface area contributed by atoms with Gasteiger partial charge in [0.25, 0.3) is 5.69 Å². The minimum Gasteiger partial charge on any atom is -0.492 e. The van der Waals surface area contributed by atoms with E-state index in [0.29, 0.717) is 12.2 Å². The van der Waals surface area contributed by atoms with Gasteiger partial charge in [0.2, 0.25) is 0 Å². The lowest BCUT2D eigenvalue weighted by Gasteiger charge is -2.15. The van der Waals surface area contributed by atoms with Crippen molar-refractivity contribution >= 4 is 21.6 Å². The Morgan fingerprint density at radius 3 is 2.89 bits per heavy atom. The molecule has 0 spiro atoms. The zero-order valence-electron chi connectivity index (χ0n) is 9.72. The van der Waals surface area contributed by atoms with Crippen molar-refractivity contribution in [3.8, 4) is 11.8 Å². The van der Waals surface area contributed by atoms with Crippen LogP contribution in [0.25, 0.3) is 0 Å². The van der Waals surface area contributed by atoms with Crippen LogP contribution in [0.15, 0.2) is 22.7 Å². The van der Waals surface area contributed by atoms with Gasteiger partial charge < -0.3 is 10.5 Å². The van der Waals surface area contributed by atoms with Crippen molar-refractivity contribution in [2.45, 2.75) is 18.9 Å². The first-order chi connectivity index (χ1) is 8.37. The lowest BCUT2D eigenvalue weighted by atomic mass is 10.0. The molecule has 1 atom stereocenters. The van der Waals surface area contributed by atoms with Crippen molar-refractivity contribution < 1.29 is 9.66 Å². The summed E-state index contributed by atoms with van der Waals surface area (Å²) in [5.41, 5.74) is 4.60. The minimum absolute atomic E-state index is 0.0664. The maximum absolute atomic E-state index is 10.7. The van der Waals surface area contributed by atoms with Gasteiger partial charge in [-0.25, -0.2) is 0 Å². The smallest absolute Gasteiger partial charge is 0.287 e. The third-order valence-corrected chi connectivity index (χ3v) is 3.07. The van der Waals surface area contributed by atoms with E-state index >= 15 is 0 Å².